The Balaban J connectivity index is 1.30. The highest BCUT2D eigenvalue weighted by Gasteiger charge is 2.22. The molecular weight excluding hydrogens is 380 g/mol. The number of nitrogens with one attached hydrogen (secondary N) is 3. The van der Waals surface area contributed by atoms with Crippen LogP contribution in [0.15, 0.2) is 47.1 Å². The highest BCUT2D eigenvalue weighted by Crippen LogP contribution is 2.21. The van der Waals surface area contributed by atoms with Gasteiger partial charge < -0.3 is 25.3 Å². The summed E-state index contributed by atoms with van der Waals surface area (Å²) in [4.78, 5) is 26.0. The summed E-state index contributed by atoms with van der Waals surface area (Å²) in [6.45, 7) is 2.41. The van der Waals surface area contributed by atoms with E-state index in [1.54, 1.807) is 24.5 Å². The van der Waals surface area contributed by atoms with Gasteiger partial charge in [-0.15, -0.1) is 0 Å². The predicted molar refractivity (Wildman–Crippen MR) is 108 cm³/mol. The minimum Gasteiger partial charge on any atom is -0.467 e. The molecule has 7 nitrogen and oxygen atoms in total. The highest BCUT2D eigenvalue weighted by atomic mass is 35.5. The van der Waals surface area contributed by atoms with Gasteiger partial charge in [0, 0.05) is 30.3 Å². The van der Waals surface area contributed by atoms with E-state index in [9.17, 15) is 9.59 Å². The molecule has 0 aliphatic carbocycles. The van der Waals surface area contributed by atoms with Gasteiger partial charge in [0.25, 0.3) is 0 Å². The molecular formula is C20H25ClN4O3. The molecule has 1 aliphatic rings. The molecule has 0 saturated carbocycles. The molecule has 1 aliphatic heterocycles. The van der Waals surface area contributed by atoms with Crippen LogP contribution in [0.2, 0.25) is 5.02 Å². The average Bonchev–Trinajstić information content (AvgIpc) is 3.20. The lowest BCUT2D eigenvalue weighted by atomic mass is 9.94. The summed E-state index contributed by atoms with van der Waals surface area (Å²) in [5.74, 6) is 1.22. The van der Waals surface area contributed by atoms with Crippen molar-refractivity contribution >= 4 is 29.4 Å². The molecule has 1 saturated heterocycles. The molecule has 0 atom stereocenters. The number of benzene rings is 1. The van der Waals surface area contributed by atoms with Gasteiger partial charge in [0.2, 0.25) is 0 Å². The molecule has 1 fully saturated rings. The van der Waals surface area contributed by atoms with Crippen molar-refractivity contribution in [3.63, 3.8) is 0 Å². The summed E-state index contributed by atoms with van der Waals surface area (Å²) in [5, 5.41) is 9.10. The van der Waals surface area contributed by atoms with Gasteiger partial charge in [0.1, 0.15) is 5.76 Å². The first-order valence-corrected chi connectivity index (χ1v) is 9.83. The third kappa shape index (κ3) is 6.20. The van der Waals surface area contributed by atoms with E-state index >= 15 is 0 Å². The number of rotatable bonds is 6. The summed E-state index contributed by atoms with van der Waals surface area (Å²) >= 11 is 5.95. The Hall–Kier alpha value is -2.67. The normalized spacial score (nSPS) is 14.5. The molecule has 0 unspecified atom stereocenters. The van der Waals surface area contributed by atoms with Crippen molar-refractivity contribution in [1.82, 2.24) is 15.5 Å². The van der Waals surface area contributed by atoms with E-state index in [1.165, 1.54) is 0 Å². The lowest BCUT2D eigenvalue weighted by Crippen LogP contribution is -2.42. The van der Waals surface area contributed by atoms with Gasteiger partial charge in [0.05, 0.1) is 12.8 Å². The number of hydrogen-bond acceptors (Lipinski definition) is 3. The van der Waals surface area contributed by atoms with Gasteiger partial charge in [-0.3, -0.25) is 0 Å². The van der Waals surface area contributed by atoms with E-state index in [2.05, 4.69) is 16.0 Å². The number of carbonyl (C=O) groups is 2. The molecule has 0 spiro atoms. The quantitative estimate of drug-likeness (QED) is 0.678. The Morgan fingerprint density at radius 2 is 1.96 bits per heavy atom. The van der Waals surface area contributed by atoms with E-state index in [0.29, 0.717) is 42.8 Å². The Morgan fingerprint density at radius 3 is 2.68 bits per heavy atom. The van der Waals surface area contributed by atoms with E-state index in [1.807, 2.05) is 23.1 Å². The Morgan fingerprint density at radius 1 is 1.14 bits per heavy atom. The van der Waals surface area contributed by atoms with Crippen LogP contribution < -0.4 is 16.0 Å². The monoisotopic (exact) mass is 404 g/mol. The fraction of sp³-hybridized carbons (Fsp3) is 0.400. The van der Waals surface area contributed by atoms with Gasteiger partial charge in [-0.1, -0.05) is 17.7 Å². The second-order valence-corrected chi connectivity index (χ2v) is 7.28. The average molecular weight is 405 g/mol. The topological polar surface area (TPSA) is 86.6 Å². The number of furan rings is 1. The lowest BCUT2D eigenvalue weighted by Gasteiger charge is -2.32. The number of hydrogen-bond donors (Lipinski definition) is 3. The predicted octanol–water partition coefficient (Wildman–Crippen LogP) is 4.07. The van der Waals surface area contributed by atoms with Crippen molar-refractivity contribution in [2.75, 3.05) is 25.0 Å². The van der Waals surface area contributed by atoms with Crippen molar-refractivity contribution in [3.05, 3.63) is 53.4 Å². The second kappa shape index (κ2) is 10.0. The molecule has 1 aromatic heterocycles. The van der Waals surface area contributed by atoms with Crippen molar-refractivity contribution in [1.29, 1.82) is 0 Å². The first-order chi connectivity index (χ1) is 13.6. The lowest BCUT2D eigenvalue weighted by molar-refractivity contribution is 0.179. The first-order valence-electron chi connectivity index (χ1n) is 9.46. The zero-order valence-electron chi connectivity index (χ0n) is 15.6. The molecule has 0 bridgehead atoms. The number of likely N-dealkylation sites (tertiary alicyclic amines) is 1. The van der Waals surface area contributed by atoms with Gasteiger partial charge in [-0.05, 0) is 55.5 Å². The van der Waals surface area contributed by atoms with E-state index in [0.717, 1.165) is 25.0 Å². The highest BCUT2D eigenvalue weighted by molar-refractivity contribution is 6.30. The number of piperidine rings is 1. The zero-order chi connectivity index (χ0) is 19.8. The maximum atomic E-state index is 12.4. The molecule has 2 heterocycles. The van der Waals surface area contributed by atoms with Crippen LogP contribution in [0.5, 0.6) is 0 Å². The van der Waals surface area contributed by atoms with Crippen molar-refractivity contribution in [2.24, 2.45) is 5.92 Å². The first kappa shape index (κ1) is 20.1. The van der Waals surface area contributed by atoms with Crippen LogP contribution in [-0.2, 0) is 6.54 Å². The molecule has 1 aromatic carbocycles. The number of carbonyl (C=O) groups excluding carboxylic acids is 2. The third-order valence-electron chi connectivity index (χ3n) is 4.82. The maximum Gasteiger partial charge on any atom is 0.321 e. The summed E-state index contributed by atoms with van der Waals surface area (Å²) in [6.07, 6.45) is 4.34. The summed E-state index contributed by atoms with van der Waals surface area (Å²) in [5.41, 5.74) is 0.699. The number of anilines is 1. The van der Waals surface area contributed by atoms with Gasteiger partial charge >= 0.3 is 12.1 Å². The van der Waals surface area contributed by atoms with Crippen LogP contribution in [0.3, 0.4) is 0 Å². The zero-order valence-corrected chi connectivity index (χ0v) is 16.4. The molecule has 3 rings (SSSR count). The van der Waals surface area contributed by atoms with Crippen LogP contribution in [-0.4, -0.2) is 36.6 Å². The molecule has 4 amide bonds. The van der Waals surface area contributed by atoms with Gasteiger partial charge in [-0.25, -0.2) is 9.59 Å². The minimum absolute atomic E-state index is 0.101. The van der Waals surface area contributed by atoms with Crippen molar-refractivity contribution < 1.29 is 14.0 Å². The number of urea groups is 2. The van der Waals surface area contributed by atoms with Crippen LogP contribution in [0.4, 0.5) is 15.3 Å². The van der Waals surface area contributed by atoms with Crippen LogP contribution in [0.25, 0.3) is 0 Å². The van der Waals surface area contributed by atoms with E-state index in [4.69, 9.17) is 16.0 Å². The molecule has 0 radical (unpaired) electrons. The van der Waals surface area contributed by atoms with Crippen molar-refractivity contribution in [2.45, 2.75) is 25.8 Å². The van der Waals surface area contributed by atoms with E-state index in [-0.39, 0.29) is 12.1 Å². The molecule has 150 valence electrons. The summed E-state index contributed by atoms with van der Waals surface area (Å²) in [6, 6.07) is 10.4. The Labute approximate surface area is 169 Å². The summed E-state index contributed by atoms with van der Waals surface area (Å²) < 4.78 is 5.17. The Bertz CT molecular complexity index is 774. The summed E-state index contributed by atoms with van der Waals surface area (Å²) in [7, 11) is 0. The van der Waals surface area contributed by atoms with Crippen LogP contribution in [0, 0.1) is 5.92 Å². The molecule has 3 N–H and O–H groups in total. The SMILES string of the molecule is O=C(NCCC1CCN(C(=O)Nc2cccc(Cl)c2)CC1)NCc1ccco1. The Kier molecular flexibility index (Phi) is 7.19. The number of halogens is 1. The fourth-order valence-corrected chi connectivity index (χ4v) is 3.42. The van der Waals surface area contributed by atoms with Crippen molar-refractivity contribution in [3.8, 4) is 0 Å². The largest absolute Gasteiger partial charge is 0.467 e. The fourth-order valence-electron chi connectivity index (χ4n) is 3.23. The smallest absolute Gasteiger partial charge is 0.321 e. The van der Waals surface area contributed by atoms with Gasteiger partial charge in [-0.2, -0.15) is 0 Å². The maximum absolute atomic E-state index is 12.4. The molecule has 28 heavy (non-hydrogen) atoms. The van der Waals surface area contributed by atoms with Gasteiger partial charge in [0.15, 0.2) is 0 Å². The van der Waals surface area contributed by atoms with E-state index < -0.39 is 0 Å². The molecule has 2 aromatic rings. The minimum atomic E-state index is -0.199. The van der Waals surface area contributed by atoms with Crippen LogP contribution >= 0.6 is 11.6 Å². The number of amides is 4. The molecule has 8 heteroatoms. The standard InChI is InChI=1S/C20H25ClN4O3/c21-16-3-1-4-17(13-16)24-20(27)25-10-7-15(8-11-25)6-9-22-19(26)23-14-18-5-2-12-28-18/h1-5,12-13,15H,6-11,14H2,(H,24,27)(H2,22,23,26). The number of nitrogens with zero attached hydrogens (tertiary/aromatic N) is 1. The third-order valence-corrected chi connectivity index (χ3v) is 5.05. The second-order valence-electron chi connectivity index (χ2n) is 6.85. The van der Waals surface area contributed by atoms with Crippen LogP contribution in [0.1, 0.15) is 25.0 Å².